The summed E-state index contributed by atoms with van der Waals surface area (Å²) in [6.07, 6.45) is 3.31. The molecular formula is C9H21N3. The van der Waals surface area contributed by atoms with Crippen molar-refractivity contribution in [2.75, 3.05) is 6.54 Å². The number of nitrogens with two attached hydrogens (primary N) is 1. The number of allylic oxidation sites excluding steroid dienone is 2. The van der Waals surface area contributed by atoms with E-state index >= 15 is 0 Å². The average Bonchev–Trinajstić information content (AvgIpc) is 2.12. The summed E-state index contributed by atoms with van der Waals surface area (Å²) in [7, 11) is 0. The zero-order valence-electron chi connectivity index (χ0n) is 8.59. The first-order valence-electron chi connectivity index (χ1n) is 4.56. The van der Waals surface area contributed by atoms with Crippen molar-refractivity contribution < 1.29 is 0 Å². The minimum Gasteiger partial charge on any atom is -0.372 e. The highest BCUT2D eigenvalue weighted by molar-refractivity contribution is 4.94. The fourth-order valence-corrected chi connectivity index (χ4v) is 0.986. The molecule has 1 unspecified atom stereocenters. The van der Waals surface area contributed by atoms with E-state index in [2.05, 4.69) is 19.2 Å². The van der Waals surface area contributed by atoms with E-state index in [1.807, 2.05) is 24.9 Å². The van der Waals surface area contributed by atoms with Crippen LogP contribution in [0, 0.1) is 0 Å². The molecule has 3 heteroatoms. The molecule has 0 fully saturated rings. The van der Waals surface area contributed by atoms with Crippen LogP contribution in [0.2, 0.25) is 0 Å². The van der Waals surface area contributed by atoms with Crippen LogP contribution in [0.4, 0.5) is 0 Å². The Labute approximate surface area is 75.6 Å². The molecule has 0 aliphatic heterocycles. The number of nitrogens with one attached hydrogen (secondary N) is 1. The molecule has 3 N–H and O–H groups in total. The normalized spacial score (nSPS) is 15.0. The molecule has 0 aliphatic rings. The summed E-state index contributed by atoms with van der Waals surface area (Å²) in [6.45, 7) is 9.10. The predicted molar refractivity (Wildman–Crippen MR) is 53.2 cm³/mol. The second-order valence-electron chi connectivity index (χ2n) is 2.87. The third kappa shape index (κ3) is 3.74. The molecule has 1 atom stereocenters. The largest absolute Gasteiger partial charge is 0.372 e. The predicted octanol–water partition coefficient (Wildman–Crippen LogP) is 1.43. The molecule has 0 aromatic rings. The minimum atomic E-state index is 0.256. The third-order valence-electron chi connectivity index (χ3n) is 1.98. The molecule has 3 nitrogen and oxygen atoms in total. The van der Waals surface area contributed by atoms with Gasteiger partial charge in [-0.05, 0) is 20.3 Å². The number of hydrazine groups is 1. The highest BCUT2D eigenvalue weighted by Gasteiger charge is 2.09. The lowest BCUT2D eigenvalue weighted by Gasteiger charge is -2.27. The van der Waals surface area contributed by atoms with E-state index in [4.69, 9.17) is 5.84 Å². The fourth-order valence-electron chi connectivity index (χ4n) is 0.986. The van der Waals surface area contributed by atoms with Crippen LogP contribution in [0.15, 0.2) is 11.8 Å². The van der Waals surface area contributed by atoms with Crippen molar-refractivity contribution in [2.24, 2.45) is 5.84 Å². The Kier molecular flexibility index (Phi) is 5.76. The zero-order chi connectivity index (χ0) is 9.56. The van der Waals surface area contributed by atoms with Gasteiger partial charge in [0, 0.05) is 12.2 Å². The van der Waals surface area contributed by atoms with Gasteiger partial charge in [-0.2, -0.15) is 0 Å². The van der Waals surface area contributed by atoms with Crippen LogP contribution in [-0.2, 0) is 0 Å². The van der Waals surface area contributed by atoms with Crippen LogP contribution < -0.4 is 11.2 Å². The van der Waals surface area contributed by atoms with E-state index in [-0.39, 0.29) is 6.17 Å². The maximum Gasteiger partial charge on any atom is 0.0916 e. The molecular weight excluding hydrogens is 150 g/mol. The lowest BCUT2D eigenvalue weighted by atomic mass is 10.3. The van der Waals surface area contributed by atoms with Crippen molar-refractivity contribution in [1.82, 2.24) is 10.3 Å². The molecule has 0 aliphatic carbocycles. The summed E-state index contributed by atoms with van der Waals surface area (Å²) in [5.74, 6) is 5.77. The summed E-state index contributed by atoms with van der Waals surface area (Å²) in [4.78, 5) is 0. The Bertz CT molecular complexity index is 143. The van der Waals surface area contributed by atoms with Gasteiger partial charge in [-0.15, -0.1) is 0 Å². The highest BCUT2D eigenvalue weighted by atomic mass is 15.5. The first-order chi connectivity index (χ1) is 5.65. The smallest absolute Gasteiger partial charge is 0.0916 e. The maximum absolute atomic E-state index is 5.77. The Morgan fingerprint density at radius 3 is 2.50 bits per heavy atom. The third-order valence-corrected chi connectivity index (χ3v) is 1.98. The second kappa shape index (κ2) is 6.03. The topological polar surface area (TPSA) is 41.3 Å². The molecule has 0 heterocycles. The van der Waals surface area contributed by atoms with Gasteiger partial charge in [0.25, 0.3) is 0 Å². The maximum atomic E-state index is 5.77. The average molecular weight is 171 g/mol. The summed E-state index contributed by atoms with van der Waals surface area (Å²) < 4.78 is 0. The van der Waals surface area contributed by atoms with Gasteiger partial charge in [0.2, 0.25) is 0 Å². The highest BCUT2D eigenvalue weighted by Crippen LogP contribution is 1.98. The first-order valence-corrected chi connectivity index (χ1v) is 4.56. The minimum absolute atomic E-state index is 0.256. The molecule has 0 saturated carbocycles. The van der Waals surface area contributed by atoms with Gasteiger partial charge in [-0.25, -0.2) is 5.01 Å². The van der Waals surface area contributed by atoms with Crippen LogP contribution >= 0.6 is 0 Å². The van der Waals surface area contributed by atoms with E-state index in [1.165, 1.54) is 5.70 Å². The monoisotopic (exact) mass is 171 g/mol. The van der Waals surface area contributed by atoms with Crippen molar-refractivity contribution in [3.05, 3.63) is 11.8 Å². The Morgan fingerprint density at radius 2 is 2.17 bits per heavy atom. The molecule has 12 heavy (non-hydrogen) atoms. The molecule has 0 radical (unpaired) electrons. The lowest BCUT2D eigenvalue weighted by Crippen LogP contribution is -2.48. The van der Waals surface area contributed by atoms with Gasteiger partial charge in [0.05, 0.1) is 6.17 Å². The van der Waals surface area contributed by atoms with E-state index in [0.717, 1.165) is 13.0 Å². The van der Waals surface area contributed by atoms with Gasteiger partial charge in [-0.1, -0.05) is 19.9 Å². The number of nitrogens with zero attached hydrogens (tertiary/aromatic N) is 1. The van der Waals surface area contributed by atoms with Gasteiger partial charge >= 0.3 is 0 Å². The summed E-state index contributed by atoms with van der Waals surface area (Å²) in [5, 5.41) is 5.14. The number of hydrogen-bond acceptors (Lipinski definition) is 3. The first kappa shape index (κ1) is 11.5. The van der Waals surface area contributed by atoms with Crippen molar-refractivity contribution in [3.63, 3.8) is 0 Å². The van der Waals surface area contributed by atoms with E-state index in [9.17, 15) is 0 Å². The van der Waals surface area contributed by atoms with Gasteiger partial charge in [0.15, 0.2) is 0 Å². The van der Waals surface area contributed by atoms with Gasteiger partial charge in [-0.3, -0.25) is 5.84 Å². The Balaban J connectivity index is 3.99. The SMILES string of the molecule is C/C=C(\C)NC(CC)N(N)CC. The molecule has 0 spiro atoms. The number of hydrogen-bond donors (Lipinski definition) is 2. The quantitative estimate of drug-likeness (QED) is 0.373. The zero-order valence-corrected chi connectivity index (χ0v) is 8.59. The Hall–Kier alpha value is -0.540. The molecule has 0 aromatic carbocycles. The number of rotatable bonds is 5. The van der Waals surface area contributed by atoms with Crippen LogP contribution in [-0.4, -0.2) is 17.7 Å². The molecule has 0 aromatic heterocycles. The van der Waals surface area contributed by atoms with Crippen LogP contribution in [0.3, 0.4) is 0 Å². The Morgan fingerprint density at radius 1 is 1.58 bits per heavy atom. The van der Waals surface area contributed by atoms with E-state index < -0.39 is 0 Å². The van der Waals surface area contributed by atoms with Crippen LogP contribution in [0.1, 0.15) is 34.1 Å². The van der Waals surface area contributed by atoms with Crippen molar-refractivity contribution >= 4 is 0 Å². The summed E-state index contributed by atoms with van der Waals surface area (Å²) in [5.41, 5.74) is 1.17. The summed E-state index contributed by atoms with van der Waals surface area (Å²) >= 11 is 0. The molecule has 0 bridgehead atoms. The summed E-state index contributed by atoms with van der Waals surface area (Å²) in [6, 6.07) is 0. The molecule has 72 valence electrons. The van der Waals surface area contributed by atoms with Gasteiger partial charge in [0.1, 0.15) is 0 Å². The van der Waals surface area contributed by atoms with Crippen molar-refractivity contribution in [1.29, 1.82) is 0 Å². The molecule has 0 saturated heterocycles. The standard InChI is InChI=1S/C9H21N3/c1-5-8(4)11-9(6-2)12(10)7-3/h5,9,11H,6-7,10H2,1-4H3/b8-5+. The second-order valence-corrected chi connectivity index (χ2v) is 2.87. The van der Waals surface area contributed by atoms with Crippen LogP contribution in [0.5, 0.6) is 0 Å². The van der Waals surface area contributed by atoms with Crippen molar-refractivity contribution in [2.45, 2.75) is 40.3 Å². The van der Waals surface area contributed by atoms with Crippen molar-refractivity contribution in [3.8, 4) is 0 Å². The fraction of sp³-hybridized carbons (Fsp3) is 0.778. The van der Waals surface area contributed by atoms with Crippen LogP contribution in [0.25, 0.3) is 0 Å². The van der Waals surface area contributed by atoms with E-state index in [0.29, 0.717) is 0 Å². The van der Waals surface area contributed by atoms with Gasteiger partial charge < -0.3 is 5.32 Å². The molecule has 0 amide bonds. The lowest BCUT2D eigenvalue weighted by molar-refractivity contribution is 0.182. The molecule has 0 rings (SSSR count). The van der Waals surface area contributed by atoms with E-state index in [1.54, 1.807) is 0 Å².